The summed E-state index contributed by atoms with van der Waals surface area (Å²) in [4.78, 5) is 23.3. The Morgan fingerprint density at radius 2 is 1.94 bits per heavy atom. The Hall–Kier alpha value is -0.530. The van der Waals surface area contributed by atoms with Gasteiger partial charge in [-0.25, -0.2) is 4.79 Å². The van der Waals surface area contributed by atoms with E-state index in [2.05, 4.69) is 0 Å². The van der Waals surface area contributed by atoms with Crippen LogP contribution in [-0.2, 0) is 19.0 Å². The molecule has 0 spiro atoms. The van der Waals surface area contributed by atoms with Gasteiger partial charge in [0.15, 0.2) is 3.42 Å². The van der Waals surface area contributed by atoms with Crippen molar-refractivity contribution in [1.82, 2.24) is 0 Å². The summed E-state index contributed by atoms with van der Waals surface area (Å²) in [6.45, 7) is 9.25. The largest absolute Gasteiger partial charge is 0.508 e. The van der Waals surface area contributed by atoms with Crippen LogP contribution >= 0.6 is 22.6 Å². The Morgan fingerprint density at radius 3 is 2.44 bits per heavy atom. The molecule has 0 radical (unpaired) electrons. The van der Waals surface area contributed by atoms with Crippen molar-refractivity contribution in [1.29, 1.82) is 0 Å². The molecule has 0 N–H and O–H groups in total. The number of carbonyl (C=O) groups excluding carboxylic acids is 2. The van der Waals surface area contributed by atoms with Crippen molar-refractivity contribution in [2.75, 3.05) is 6.61 Å². The van der Waals surface area contributed by atoms with Gasteiger partial charge < -0.3 is 14.2 Å². The zero-order chi connectivity index (χ0) is 14.1. The molecular weight excluding hydrogens is 351 g/mol. The van der Waals surface area contributed by atoms with E-state index in [0.717, 1.165) is 0 Å². The number of esters is 1. The molecule has 0 unspecified atom stereocenters. The topological polar surface area (TPSA) is 61.8 Å². The van der Waals surface area contributed by atoms with Crippen LogP contribution < -0.4 is 0 Å². The van der Waals surface area contributed by atoms with Crippen molar-refractivity contribution in [2.45, 2.75) is 49.7 Å². The van der Waals surface area contributed by atoms with Crippen molar-refractivity contribution in [3.63, 3.8) is 0 Å². The number of carbonyl (C=O) groups is 2. The van der Waals surface area contributed by atoms with E-state index in [4.69, 9.17) is 14.2 Å². The Bertz CT molecular complexity index is 345. The van der Waals surface area contributed by atoms with Gasteiger partial charge in [0.1, 0.15) is 18.3 Å². The van der Waals surface area contributed by atoms with Gasteiger partial charge in [0.25, 0.3) is 0 Å². The summed E-state index contributed by atoms with van der Waals surface area (Å²) < 4.78 is 14.3. The van der Waals surface area contributed by atoms with E-state index in [1.165, 1.54) is 0 Å². The first-order chi connectivity index (χ1) is 8.04. The van der Waals surface area contributed by atoms with Crippen LogP contribution in [0.1, 0.15) is 34.6 Å². The van der Waals surface area contributed by atoms with Crippen LogP contribution in [0.2, 0.25) is 0 Å². The Balaban J connectivity index is 2.83. The maximum Gasteiger partial charge on any atom is 0.508 e. The molecule has 0 saturated carbocycles. The molecule has 0 bridgehead atoms. The van der Waals surface area contributed by atoms with Crippen molar-refractivity contribution in [3.8, 4) is 0 Å². The second kappa shape index (κ2) is 5.22. The van der Waals surface area contributed by atoms with Gasteiger partial charge in [0.2, 0.25) is 0 Å². The Labute approximate surface area is 121 Å². The van der Waals surface area contributed by atoms with Crippen LogP contribution in [-0.4, -0.2) is 33.9 Å². The average Bonchev–Trinajstić information content (AvgIpc) is 2.19. The number of rotatable bonds is 2. The van der Waals surface area contributed by atoms with Gasteiger partial charge in [-0.15, -0.1) is 0 Å². The van der Waals surface area contributed by atoms with Gasteiger partial charge in [0, 0.05) is 5.92 Å². The maximum absolute atomic E-state index is 12.2. The standard InChI is InChI=1S/C12H19IO5/c1-7-6-16-10(15)17-8(7)12(5,13)9(14)18-11(2,3)4/h7-8H,6H2,1-5H3/t7-,8-,12-/m1/s1. The molecule has 3 atom stereocenters. The van der Waals surface area contributed by atoms with Crippen LogP contribution in [0.15, 0.2) is 0 Å². The minimum atomic E-state index is -0.927. The van der Waals surface area contributed by atoms with Gasteiger partial charge >= 0.3 is 12.1 Å². The minimum Gasteiger partial charge on any atom is -0.459 e. The fourth-order valence-electron chi connectivity index (χ4n) is 1.68. The van der Waals surface area contributed by atoms with E-state index in [0.29, 0.717) is 0 Å². The first-order valence-electron chi connectivity index (χ1n) is 5.80. The van der Waals surface area contributed by atoms with Gasteiger partial charge in [0.05, 0.1) is 0 Å². The summed E-state index contributed by atoms with van der Waals surface area (Å²) >= 11 is 1.98. The molecule has 1 aliphatic rings. The molecule has 1 fully saturated rings. The van der Waals surface area contributed by atoms with Gasteiger partial charge in [-0.2, -0.15) is 0 Å². The first kappa shape index (κ1) is 15.5. The molecule has 0 aromatic heterocycles. The zero-order valence-corrected chi connectivity index (χ0v) is 13.4. The van der Waals surface area contributed by atoms with E-state index >= 15 is 0 Å². The molecule has 5 nitrogen and oxygen atoms in total. The first-order valence-corrected chi connectivity index (χ1v) is 6.87. The number of cyclic esters (lactones) is 2. The second-order valence-corrected chi connectivity index (χ2v) is 7.90. The molecule has 1 saturated heterocycles. The Morgan fingerprint density at radius 1 is 1.39 bits per heavy atom. The van der Waals surface area contributed by atoms with Crippen molar-refractivity contribution >= 4 is 34.7 Å². The SMILES string of the molecule is C[C@@H]1COC(=O)O[C@H]1[C@@](C)(I)C(=O)OC(C)(C)C. The molecule has 1 rings (SSSR count). The van der Waals surface area contributed by atoms with Gasteiger partial charge in [-0.05, 0) is 27.7 Å². The molecule has 104 valence electrons. The van der Waals surface area contributed by atoms with E-state index in [-0.39, 0.29) is 18.5 Å². The van der Waals surface area contributed by atoms with Crippen molar-refractivity contribution in [3.05, 3.63) is 0 Å². The lowest BCUT2D eigenvalue weighted by molar-refractivity contribution is -0.163. The third kappa shape index (κ3) is 3.73. The lowest BCUT2D eigenvalue weighted by Crippen LogP contribution is -2.53. The summed E-state index contributed by atoms with van der Waals surface area (Å²) in [6, 6.07) is 0. The van der Waals surface area contributed by atoms with E-state index < -0.39 is 21.3 Å². The highest BCUT2D eigenvalue weighted by molar-refractivity contribution is 14.1. The minimum absolute atomic E-state index is 0.0582. The van der Waals surface area contributed by atoms with Crippen LogP contribution in [0.5, 0.6) is 0 Å². The molecule has 0 amide bonds. The van der Waals surface area contributed by atoms with Crippen LogP contribution in [0, 0.1) is 5.92 Å². The molecule has 1 aliphatic heterocycles. The maximum atomic E-state index is 12.2. The number of halogens is 1. The predicted molar refractivity (Wildman–Crippen MR) is 73.7 cm³/mol. The normalized spacial score (nSPS) is 27.8. The summed E-state index contributed by atoms with van der Waals surface area (Å²) in [6.07, 6.45) is -1.28. The lowest BCUT2D eigenvalue weighted by atomic mass is 9.93. The highest BCUT2D eigenvalue weighted by Gasteiger charge is 2.49. The van der Waals surface area contributed by atoms with Gasteiger partial charge in [-0.3, -0.25) is 4.79 Å². The van der Waals surface area contributed by atoms with Crippen LogP contribution in [0.4, 0.5) is 4.79 Å². The van der Waals surface area contributed by atoms with Crippen molar-refractivity contribution in [2.24, 2.45) is 5.92 Å². The molecule has 0 aromatic carbocycles. The zero-order valence-electron chi connectivity index (χ0n) is 11.3. The predicted octanol–water partition coefficient (Wildman–Crippen LogP) is 2.69. The smallest absolute Gasteiger partial charge is 0.459 e. The molecular formula is C12H19IO5. The average molecular weight is 370 g/mol. The second-order valence-electron chi connectivity index (χ2n) is 5.65. The Kier molecular flexibility index (Phi) is 4.51. The van der Waals surface area contributed by atoms with Crippen LogP contribution in [0.25, 0.3) is 0 Å². The fraction of sp³-hybridized carbons (Fsp3) is 0.833. The number of ether oxygens (including phenoxy) is 3. The van der Waals surface area contributed by atoms with Crippen LogP contribution in [0.3, 0.4) is 0 Å². The fourth-order valence-corrected chi connectivity index (χ4v) is 2.53. The third-order valence-electron chi connectivity index (χ3n) is 2.54. The molecule has 18 heavy (non-hydrogen) atoms. The third-order valence-corrected chi connectivity index (χ3v) is 3.59. The summed E-state index contributed by atoms with van der Waals surface area (Å²) in [5, 5.41) is 0. The van der Waals surface area contributed by atoms with E-state index in [1.807, 2.05) is 29.5 Å². The number of hydrogen-bond donors (Lipinski definition) is 0. The summed E-state index contributed by atoms with van der Waals surface area (Å²) in [7, 11) is 0. The highest BCUT2D eigenvalue weighted by atomic mass is 127. The lowest BCUT2D eigenvalue weighted by Gasteiger charge is -2.37. The molecule has 6 heteroatoms. The van der Waals surface area contributed by atoms with E-state index in [1.54, 1.807) is 27.7 Å². The monoisotopic (exact) mass is 370 g/mol. The molecule has 0 aliphatic carbocycles. The molecule has 1 heterocycles. The van der Waals surface area contributed by atoms with E-state index in [9.17, 15) is 9.59 Å². The highest BCUT2D eigenvalue weighted by Crippen LogP contribution is 2.35. The number of hydrogen-bond acceptors (Lipinski definition) is 5. The van der Waals surface area contributed by atoms with Gasteiger partial charge in [-0.1, -0.05) is 29.5 Å². The summed E-state index contributed by atoms with van der Waals surface area (Å²) in [5.41, 5.74) is -0.568. The van der Waals surface area contributed by atoms with Crippen molar-refractivity contribution < 1.29 is 23.8 Å². The summed E-state index contributed by atoms with van der Waals surface area (Å²) in [5.74, 6) is -0.445. The quantitative estimate of drug-likeness (QED) is 0.425. The molecule has 0 aromatic rings. The number of alkyl halides is 1.